The molecule has 0 saturated carbocycles. The van der Waals surface area contributed by atoms with E-state index in [-0.39, 0.29) is 0 Å². The third-order valence-corrected chi connectivity index (χ3v) is 2.84. The summed E-state index contributed by atoms with van der Waals surface area (Å²) in [5.41, 5.74) is 1.32. The molecule has 0 amide bonds. The Hall–Kier alpha value is -1.74. The summed E-state index contributed by atoms with van der Waals surface area (Å²) in [4.78, 5) is 10.6. The smallest absolute Gasteiger partial charge is 0.274 e. The molecular formula is C14H9ClF2O. The summed E-state index contributed by atoms with van der Waals surface area (Å²) in [5, 5.41) is -1.67. The molecule has 2 aromatic carbocycles. The summed E-state index contributed by atoms with van der Waals surface area (Å²) in [7, 11) is 0. The highest BCUT2D eigenvalue weighted by molar-refractivity contribution is 6.65. The largest absolute Gasteiger partial charge is 0.345 e. The lowest BCUT2D eigenvalue weighted by Gasteiger charge is -2.12. The number of halogens is 3. The van der Waals surface area contributed by atoms with Crippen LogP contribution in [0, 0.1) is 0 Å². The Balaban J connectivity index is 2.35. The topological polar surface area (TPSA) is 17.1 Å². The van der Waals surface area contributed by atoms with Gasteiger partial charge >= 0.3 is 5.92 Å². The van der Waals surface area contributed by atoms with E-state index < -0.39 is 16.7 Å². The van der Waals surface area contributed by atoms with Gasteiger partial charge in [0.25, 0.3) is 5.24 Å². The minimum absolute atomic E-state index is 0.401. The van der Waals surface area contributed by atoms with Crippen molar-refractivity contribution in [3.05, 3.63) is 60.2 Å². The van der Waals surface area contributed by atoms with E-state index in [1.165, 1.54) is 12.1 Å². The lowest BCUT2D eigenvalue weighted by molar-refractivity contribution is -0.135. The molecule has 0 aliphatic rings. The van der Waals surface area contributed by atoms with Crippen LogP contribution in [0.2, 0.25) is 0 Å². The molecule has 2 aromatic rings. The Morgan fingerprint density at radius 3 is 1.89 bits per heavy atom. The number of alkyl halides is 2. The second-order valence-electron chi connectivity index (χ2n) is 3.79. The summed E-state index contributed by atoms with van der Waals surface area (Å²) < 4.78 is 26.7. The number of hydrogen-bond donors (Lipinski definition) is 0. The molecule has 0 aliphatic heterocycles. The average molecular weight is 267 g/mol. The quantitative estimate of drug-likeness (QED) is 0.761. The van der Waals surface area contributed by atoms with E-state index in [9.17, 15) is 13.6 Å². The van der Waals surface area contributed by atoms with Crippen molar-refractivity contribution in [2.45, 2.75) is 5.92 Å². The van der Waals surface area contributed by atoms with Gasteiger partial charge in [-0.3, -0.25) is 4.79 Å². The molecule has 0 fully saturated rings. The molecule has 18 heavy (non-hydrogen) atoms. The number of hydrogen-bond acceptors (Lipinski definition) is 1. The van der Waals surface area contributed by atoms with E-state index in [0.717, 1.165) is 11.1 Å². The van der Waals surface area contributed by atoms with Crippen LogP contribution in [0.15, 0.2) is 54.6 Å². The van der Waals surface area contributed by atoms with Gasteiger partial charge in [-0.2, -0.15) is 8.78 Å². The van der Waals surface area contributed by atoms with Gasteiger partial charge in [0.1, 0.15) is 0 Å². The lowest BCUT2D eigenvalue weighted by Crippen LogP contribution is -2.20. The zero-order valence-electron chi connectivity index (χ0n) is 9.24. The van der Waals surface area contributed by atoms with Crippen molar-refractivity contribution in [3.63, 3.8) is 0 Å². The summed E-state index contributed by atoms with van der Waals surface area (Å²) in [5.74, 6) is -3.64. The van der Waals surface area contributed by atoms with Gasteiger partial charge in [0.2, 0.25) is 0 Å². The molecule has 0 atom stereocenters. The van der Waals surface area contributed by atoms with E-state index in [0.29, 0.717) is 0 Å². The van der Waals surface area contributed by atoms with Gasteiger partial charge in [0.05, 0.1) is 0 Å². The Morgan fingerprint density at radius 1 is 0.889 bits per heavy atom. The first-order valence-corrected chi connectivity index (χ1v) is 5.63. The highest BCUT2D eigenvalue weighted by Crippen LogP contribution is 2.31. The van der Waals surface area contributed by atoms with E-state index in [2.05, 4.69) is 0 Å². The van der Waals surface area contributed by atoms with Crippen molar-refractivity contribution >= 4 is 16.8 Å². The second kappa shape index (κ2) is 4.86. The normalized spacial score (nSPS) is 11.3. The van der Waals surface area contributed by atoms with Gasteiger partial charge in [0, 0.05) is 5.56 Å². The van der Waals surface area contributed by atoms with Crippen LogP contribution in [0.25, 0.3) is 11.1 Å². The molecule has 0 radical (unpaired) electrons. The molecular weight excluding hydrogens is 258 g/mol. The number of carbonyl (C=O) groups is 1. The van der Waals surface area contributed by atoms with Gasteiger partial charge in [-0.1, -0.05) is 54.6 Å². The predicted octanol–water partition coefficient (Wildman–Crippen LogP) is 4.21. The van der Waals surface area contributed by atoms with E-state index in [1.807, 2.05) is 30.3 Å². The van der Waals surface area contributed by atoms with Crippen LogP contribution in [0.1, 0.15) is 5.56 Å². The third kappa shape index (κ3) is 2.41. The van der Waals surface area contributed by atoms with Crippen LogP contribution in [0.5, 0.6) is 0 Å². The zero-order chi connectivity index (χ0) is 13.2. The van der Waals surface area contributed by atoms with Crippen molar-refractivity contribution in [2.24, 2.45) is 0 Å². The molecule has 92 valence electrons. The summed E-state index contributed by atoms with van der Waals surface area (Å²) in [6.45, 7) is 0. The number of benzene rings is 2. The molecule has 0 heterocycles. The molecule has 2 rings (SSSR count). The molecule has 4 heteroatoms. The molecule has 0 spiro atoms. The molecule has 0 saturated heterocycles. The third-order valence-electron chi connectivity index (χ3n) is 2.60. The first-order valence-electron chi connectivity index (χ1n) is 5.25. The zero-order valence-corrected chi connectivity index (χ0v) is 9.99. The number of carbonyl (C=O) groups excluding carboxylic acids is 1. The molecule has 1 nitrogen and oxygen atoms in total. The van der Waals surface area contributed by atoms with E-state index in [1.54, 1.807) is 12.1 Å². The van der Waals surface area contributed by atoms with Crippen LogP contribution in [0.3, 0.4) is 0 Å². The first kappa shape index (κ1) is 12.7. The maximum Gasteiger partial charge on any atom is 0.345 e. The van der Waals surface area contributed by atoms with Crippen LogP contribution < -0.4 is 0 Å². The summed E-state index contributed by atoms with van der Waals surface area (Å²) in [6, 6.07) is 14.8. The monoisotopic (exact) mass is 266 g/mol. The van der Waals surface area contributed by atoms with Gasteiger partial charge < -0.3 is 0 Å². The molecule has 0 unspecified atom stereocenters. The van der Waals surface area contributed by atoms with Crippen molar-refractivity contribution < 1.29 is 13.6 Å². The van der Waals surface area contributed by atoms with Crippen LogP contribution in [-0.4, -0.2) is 5.24 Å². The lowest BCUT2D eigenvalue weighted by atomic mass is 10.0. The van der Waals surface area contributed by atoms with E-state index in [4.69, 9.17) is 11.6 Å². The summed E-state index contributed by atoms with van der Waals surface area (Å²) in [6.07, 6.45) is 0. The van der Waals surface area contributed by atoms with Crippen LogP contribution in [-0.2, 0) is 10.7 Å². The maximum atomic E-state index is 13.3. The first-order chi connectivity index (χ1) is 8.51. The van der Waals surface area contributed by atoms with E-state index >= 15 is 0 Å². The number of rotatable bonds is 3. The highest BCUT2D eigenvalue weighted by Gasteiger charge is 2.39. The van der Waals surface area contributed by atoms with Crippen molar-refractivity contribution in [2.75, 3.05) is 0 Å². The van der Waals surface area contributed by atoms with Crippen molar-refractivity contribution in [1.82, 2.24) is 0 Å². The Bertz CT molecular complexity index is 550. The molecule has 0 aromatic heterocycles. The summed E-state index contributed by atoms with van der Waals surface area (Å²) >= 11 is 4.87. The predicted molar refractivity (Wildman–Crippen MR) is 66.6 cm³/mol. The maximum absolute atomic E-state index is 13.3. The van der Waals surface area contributed by atoms with Gasteiger partial charge in [0.15, 0.2) is 0 Å². The Kier molecular flexibility index (Phi) is 3.43. The van der Waals surface area contributed by atoms with Gasteiger partial charge in [-0.05, 0) is 22.7 Å². The average Bonchev–Trinajstić information content (AvgIpc) is 2.40. The van der Waals surface area contributed by atoms with Crippen molar-refractivity contribution in [1.29, 1.82) is 0 Å². The van der Waals surface area contributed by atoms with Crippen LogP contribution in [0.4, 0.5) is 8.78 Å². The fourth-order valence-corrected chi connectivity index (χ4v) is 1.73. The minimum atomic E-state index is -3.64. The minimum Gasteiger partial charge on any atom is -0.274 e. The fourth-order valence-electron chi connectivity index (χ4n) is 1.62. The Labute approximate surface area is 108 Å². The fraction of sp³-hybridized carbons (Fsp3) is 0.0714. The van der Waals surface area contributed by atoms with Gasteiger partial charge in [-0.25, -0.2) is 0 Å². The molecule has 0 N–H and O–H groups in total. The molecule has 0 bridgehead atoms. The second-order valence-corrected chi connectivity index (χ2v) is 4.13. The van der Waals surface area contributed by atoms with Crippen LogP contribution >= 0.6 is 11.6 Å². The van der Waals surface area contributed by atoms with Crippen molar-refractivity contribution in [3.8, 4) is 11.1 Å². The highest BCUT2D eigenvalue weighted by atomic mass is 35.5. The SMILES string of the molecule is O=C(Cl)C(F)(F)c1ccc(-c2ccccc2)cc1. The van der Waals surface area contributed by atoms with Gasteiger partial charge in [-0.15, -0.1) is 0 Å². The Morgan fingerprint density at radius 2 is 1.39 bits per heavy atom. The standard InChI is InChI=1S/C14H9ClF2O/c15-13(18)14(16,17)12-8-6-11(7-9-12)10-4-2-1-3-5-10/h1-9H. The molecule has 0 aliphatic carbocycles.